The van der Waals surface area contributed by atoms with Gasteiger partial charge < -0.3 is 4.74 Å². The van der Waals surface area contributed by atoms with Gasteiger partial charge in [0.05, 0.1) is 32.7 Å². The average Bonchev–Trinajstić information content (AvgIpc) is 3.29. The fourth-order valence-corrected chi connectivity index (χ4v) is 4.82. The van der Waals surface area contributed by atoms with Crippen molar-refractivity contribution in [1.82, 2.24) is 4.57 Å². The number of hydrogen-bond acceptors (Lipinski definition) is 6. The van der Waals surface area contributed by atoms with Crippen LogP contribution in [0.2, 0.25) is 0 Å². The summed E-state index contributed by atoms with van der Waals surface area (Å²) < 4.78 is 7.12. The number of anilines is 1. The third-order valence-electron chi connectivity index (χ3n) is 5.28. The van der Waals surface area contributed by atoms with Gasteiger partial charge in [-0.05, 0) is 42.2 Å². The Labute approximate surface area is 260 Å². The smallest absolute Gasteiger partial charge is 0.294 e. The van der Waals surface area contributed by atoms with Gasteiger partial charge in [-0.3, -0.25) is 19.0 Å². The lowest BCUT2D eigenvalue weighted by Crippen LogP contribution is -2.32. The molecule has 0 aliphatic carbocycles. The molecule has 0 saturated heterocycles. The van der Waals surface area contributed by atoms with Crippen molar-refractivity contribution in [3.63, 3.8) is 0 Å². The van der Waals surface area contributed by atoms with Gasteiger partial charge in [0.25, 0.3) is 17.9 Å². The van der Waals surface area contributed by atoms with Crippen molar-refractivity contribution in [3.8, 4) is 0 Å². The van der Waals surface area contributed by atoms with Crippen LogP contribution in [-0.4, -0.2) is 22.7 Å². The Morgan fingerprint density at radius 3 is 2.00 bits per heavy atom. The van der Waals surface area contributed by atoms with Gasteiger partial charge in [-0.2, -0.15) is 10.1 Å². The lowest BCUT2D eigenvalue weighted by molar-refractivity contribution is -0.132. The molecule has 8 nitrogen and oxygen atoms in total. The number of aromatic nitrogens is 1. The second kappa shape index (κ2) is 15.4. The molecule has 1 aliphatic rings. The van der Waals surface area contributed by atoms with E-state index in [-0.39, 0.29) is 34.4 Å². The number of carbonyl (C=O) groups is 2. The molecule has 0 fully saturated rings. The number of allylic oxidation sites excluding steroid dienone is 3. The molecule has 0 saturated carbocycles. The van der Waals surface area contributed by atoms with Crippen molar-refractivity contribution in [2.24, 2.45) is 21.3 Å². The number of nitrogens with zero attached hydrogens (tertiary/aromatic N) is 4. The zero-order chi connectivity index (χ0) is 33.2. The van der Waals surface area contributed by atoms with Crippen LogP contribution in [0, 0.1) is 22.8 Å². The minimum atomic E-state index is -0.160. The normalized spacial score (nSPS) is 15.2. The Balaban J connectivity index is 0.000000341. The predicted molar refractivity (Wildman–Crippen MR) is 179 cm³/mol. The summed E-state index contributed by atoms with van der Waals surface area (Å²) in [5.41, 5.74) is 2.95. The number of rotatable bonds is 4. The van der Waals surface area contributed by atoms with Crippen LogP contribution in [0.1, 0.15) is 76.2 Å². The Bertz CT molecular complexity index is 1570. The molecule has 43 heavy (non-hydrogen) atoms. The third kappa shape index (κ3) is 13.2. The molecule has 0 atom stereocenters. The van der Waals surface area contributed by atoms with Crippen LogP contribution >= 0.6 is 11.3 Å². The third-order valence-corrected chi connectivity index (χ3v) is 6.25. The Kier molecular flexibility index (Phi) is 13.3. The van der Waals surface area contributed by atoms with E-state index in [1.807, 2.05) is 83.2 Å². The number of para-hydroxylation sites is 1. The number of carbonyl (C=O) groups excluding carboxylic acids is 2. The van der Waals surface area contributed by atoms with Gasteiger partial charge >= 0.3 is 0 Å². The predicted octanol–water partition coefficient (Wildman–Crippen LogP) is 6.51. The SMILES string of the molecule is C=c1s/c(=C/C(C)(C)C)c(=O)n1COC=O.CC1=NN(c2ccccc2)C(=O)/C1=C\C(C)(C)C.[C-]#[N+]/C(C)=C\C(C)(C)C. The van der Waals surface area contributed by atoms with Crippen molar-refractivity contribution in [1.29, 1.82) is 0 Å². The molecule has 0 radical (unpaired) electrons. The van der Waals surface area contributed by atoms with E-state index in [0.29, 0.717) is 21.2 Å². The van der Waals surface area contributed by atoms with Gasteiger partial charge in [-0.1, -0.05) is 105 Å². The molecule has 0 N–H and O–H groups in total. The second-order valence-corrected chi connectivity index (χ2v) is 14.4. The highest BCUT2D eigenvalue weighted by Crippen LogP contribution is 2.27. The fraction of sp³-hybridized carbons (Fsp3) is 0.441. The minimum Gasteiger partial charge on any atom is -0.446 e. The number of hydrazone groups is 1. The highest BCUT2D eigenvalue weighted by molar-refractivity contribution is 7.07. The molecule has 1 amide bonds. The second-order valence-electron chi connectivity index (χ2n) is 13.3. The lowest BCUT2D eigenvalue weighted by Gasteiger charge is -2.14. The Morgan fingerprint density at radius 1 is 1.00 bits per heavy atom. The molecular formula is C34H46N4O4S. The van der Waals surface area contributed by atoms with Crippen LogP contribution < -0.4 is 19.8 Å². The molecule has 2 aromatic rings. The van der Waals surface area contributed by atoms with Crippen LogP contribution in [0.25, 0.3) is 17.5 Å². The van der Waals surface area contributed by atoms with E-state index in [1.165, 1.54) is 20.9 Å². The van der Waals surface area contributed by atoms with Gasteiger partial charge in [0.1, 0.15) is 0 Å². The summed E-state index contributed by atoms with van der Waals surface area (Å²) >= 11 is 1.31. The summed E-state index contributed by atoms with van der Waals surface area (Å²) in [4.78, 5) is 37.6. The molecule has 2 heterocycles. The first-order valence-corrected chi connectivity index (χ1v) is 14.7. The molecule has 0 unspecified atom stereocenters. The molecule has 1 aromatic carbocycles. The van der Waals surface area contributed by atoms with Crippen molar-refractivity contribution in [2.75, 3.05) is 5.01 Å². The van der Waals surface area contributed by atoms with Crippen molar-refractivity contribution >= 4 is 47.8 Å². The van der Waals surface area contributed by atoms with Crippen molar-refractivity contribution in [3.05, 3.63) is 84.7 Å². The molecule has 9 heteroatoms. The van der Waals surface area contributed by atoms with E-state index < -0.39 is 0 Å². The van der Waals surface area contributed by atoms with Crippen LogP contribution in [0.15, 0.2) is 63.6 Å². The van der Waals surface area contributed by atoms with Crippen molar-refractivity contribution < 1.29 is 14.3 Å². The zero-order valence-electron chi connectivity index (χ0n) is 27.4. The first-order valence-electron chi connectivity index (χ1n) is 13.9. The average molecular weight is 607 g/mol. The minimum absolute atomic E-state index is 0.0333. The first kappa shape index (κ1) is 37.0. The summed E-state index contributed by atoms with van der Waals surface area (Å²) in [6, 6.07) is 9.49. The summed E-state index contributed by atoms with van der Waals surface area (Å²) in [6.45, 7) is 32.9. The monoisotopic (exact) mass is 606 g/mol. The van der Waals surface area contributed by atoms with Gasteiger partial charge in [0, 0.05) is 0 Å². The van der Waals surface area contributed by atoms with Crippen LogP contribution in [0.4, 0.5) is 5.69 Å². The first-order chi connectivity index (χ1) is 19.7. The number of ether oxygens (including phenoxy) is 1. The molecule has 232 valence electrons. The standard InChI is InChI=1S/C15H18N2O.C11H15NO3S.C8H13N/c1-11-13(10-15(2,3)4)14(18)17(16-11)12-8-6-5-7-9-12;1-8-12(6-15-7-13)10(14)9(16-8)5-11(2,3)4;1-7(9-5)6-8(2,3)4/h5-10H,1-4H3;5,7H,1,6H2,2-4H3;6H,1-4H3/b13-10-;9-5+;7-6-. The van der Waals surface area contributed by atoms with Crippen LogP contribution in [-0.2, 0) is 21.1 Å². The Morgan fingerprint density at radius 2 is 1.56 bits per heavy atom. The largest absolute Gasteiger partial charge is 0.446 e. The van der Waals surface area contributed by atoms with E-state index in [9.17, 15) is 14.4 Å². The van der Waals surface area contributed by atoms with E-state index in [1.54, 1.807) is 0 Å². The van der Waals surface area contributed by atoms with Crippen molar-refractivity contribution in [2.45, 2.75) is 82.9 Å². The van der Waals surface area contributed by atoms with Gasteiger partial charge in [-0.15, -0.1) is 11.3 Å². The van der Waals surface area contributed by atoms with Crippen LogP contribution in [0.5, 0.6) is 0 Å². The van der Waals surface area contributed by atoms with Crippen LogP contribution in [0.3, 0.4) is 0 Å². The fourth-order valence-electron chi connectivity index (χ4n) is 3.71. The Hall–Kier alpha value is -4.03. The summed E-state index contributed by atoms with van der Waals surface area (Å²) in [7, 11) is 0. The molecule has 3 rings (SSSR count). The van der Waals surface area contributed by atoms with E-state index >= 15 is 0 Å². The summed E-state index contributed by atoms with van der Waals surface area (Å²) in [5, 5.41) is 5.80. The highest BCUT2D eigenvalue weighted by atomic mass is 32.1. The number of thiazole rings is 1. The van der Waals surface area contributed by atoms with Gasteiger partial charge in [-0.25, -0.2) is 4.85 Å². The maximum Gasteiger partial charge on any atom is 0.294 e. The number of benzene rings is 1. The molecule has 1 aliphatic heterocycles. The summed E-state index contributed by atoms with van der Waals surface area (Å²) in [6.07, 6.45) is 5.85. The summed E-state index contributed by atoms with van der Waals surface area (Å²) in [5.74, 6) is -0.0476. The van der Waals surface area contributed by atoms with E-state index in [0.717, 1.165) is 17.1 Å². The van der Waals surface area contributed by atoms with E-state index in [4.69, 9.17) is 6.57 Å². The van der Waals surface area contributed by atoms with Gasteiger partial charge in [0.15, 0.2) is 12.4 Å². The number of hydrogen-bond donors (Lipinski definition) is 0. The topological polar surface area (TPSA) is 85.3 Å². The number of amides is 1. The zero-order valence-corrected chi connectivity index (χ0v) is 28.3. The maximum atomic E-state index is 12.3. The quantitative estimate of drug-likeness (QED) is 0.226. The molecule has 0 bridgehead atoms. The lowest BCUT2D eigenvalue weighted by atomic mass is 9.92. The molecule has 1 aromatic heterocycles. The molecular weight excluding hydrogens is 560 g/mol. The maximum absolute atomic E-state index is 12.3. The highest BCUT2D eigenvalue weighted by Gasteiger charge is 2.29. The van der Waals surface area contributed by atoms with E-state index in [2.05, 4.69) is 62.8 Å². The molecule has 0 spiro atoms. The van der Waals surface area contributed by atoms with Gasteiger partial charge in [0.2, 0.25) is 0 Å².